The van der Waals surface area contributed by atoms with Crippen LogP contribution in [0.2, 0.25) is 0 Å². The van der Waals surface area contributed by atoms with E-state index in [1.807, 2.05) is 72.8 Å². The molecule has 0 aliphatic heterocycles. The number of rotatable bonds is 6. The number of hydrogen-bond acceptors (Lipinski definition) is 2. The molecule has 2 aromatic heterocycles. The molecule has 0 unspecified atom stereocenters. The lowest BCUT2D eigenvalue weighted by molar-refractivity contribution is 0.669. The molecule has 0 saturated carbocycles. The Morgan fingerprint density at radius 2 is 1.25 bits per heavy atom. The van der Waals surface area contributed by atoms with Crippen molar-refractivity contribution < 1.29 is 4.42 Å². The minimum absolute atomic E-state index is 0.444. The van der Waals surface area contributed by atoms with Gasteiger partial charge in [-0.2, -0.15) is 0 Å². The summed E-state index contributed by atoms with van der Waals surface area (Å²) in [7, 11) is 0. The second-order valence-corrected chi connectivity index (χ2v) is 12.5. The number of benzene rings is 7. The number of para-hydroxylation sites is 3. The van der Waals surface area contributed by atoms with Gasteiger partial charge >= 0.3 is 0 Å². The molecule has 0 bridgehead atoms. The molecule has 5 heteroatoms. The number of fused-ring (bicyclic) bond motifs is 7. The van der Waals surface area contributed by atoms with Crippen molar-refractivity contribution in [1.82, 2.24) is 4.57 Å². The molecule has 9 aromatic rings. The molecule has 0 N–H and O–H groups in total. The maximum atomic E-state index is 6.37. The van der Waals surface area contributed by atoms with Gasteiger partial charge in [-0.1, -0.05) is 133 Å². The lowest BCUT2D eigenvalue weighted by Crippen LogP contribution is -2.05. The second kappa shape index (κ2) is 12.9. The number of aromatic nitrogens is 1. The van der Waals surface area contributed by atoms with Gasteiger partial charge in [0.15, 0.2) is 11.7 Å². The second-order valence-electron chi connectivity index (χ2n) is 12.5. The SMILES string of the molecule is C=NC(=NC(=NCc1cccc(-c2ccccc2-n2c3ccccc3c3ccc4oc5ccccc5c4c32)c1)c1ccccc1)c1ccccc1. The third-order valence-corrected chi connectivity index (χ3v) is 9.39. The number of aliphatic imine (C=N–C) groups is 3. The van der Waals surface area contributed by atoms with Crippen LogP contribution in [-0.2, 0) is 6.54 Å². The normalized spacial score (nSPS) is 12.3. The highest BCUT2D eigenvalue weighted by Crippen LogP contribution is 2.42. The number of furan rings is 1. The van der Waals surface area contributed by atoms with Crippen LogP contribution in [-0.4, -0.2) is 23.0 Å². The van der Waals surface area contributed by atoms with E-state index in [0.29, 0.717) is 18.2 Å². The van der Waals surface area contributed by atoms with Crippen molar-refractivity contribution in [3.8, 4) is 16.8 Å². The van der Waals surface area contributed by atoms with Crippen molar-refractivity contribution >= 4 is 62.1 Å². The fourth-order valence-electron chi connectivity index (χ4n) is 7.09. The Labute approximate surface area is 295 Å². The van der Waals surface area contributed by atoms with Gasteiger partial charge in [0, 0.05) is 32.8 Å². The van der Waals surface area contributed by atoms with Gasteiger partial charge in [-0.3, -0.25) is 4.99 Å². The van der Waals surface area contributed by atoms with Gasteiger partial charge in [-0.05, 0) is 54.2 Å². The van der Waals surface area contributed by atoms with E-state index in [2.05, 4.69) is 113 Å². The van der Waals surface area contributed by atoms with Crippen molar-refractivity contribution in [2.45, 2.75) is 6.54 Å². The van der Waals surface area contributed by atoms with Gasteiger partial charge in [0.05, 0.1) is 28.7 Å². The van der Waals surface area contributed by atoms with Crippen molar-refractivity contribution in [3.05, 3.63) is 187 Å². The molecule has 0 fully saturated rings. The zero-order chi connectivity index (χ0) is 34.1. The van der Waals surface area contributed by atoms with Gasteiger partial charge in [0.1, 0.15) is 11.2 Å². The summed E-state index contributed by atoms with van der Waals surface area (Å²) in [6, 6.07) is 58.4. The molecule has 0 radical (unpaired) electrons. The van der Waals surface area contributed by atoms with Crippen LogP contribution in [0.5, 0.6) is 0 Å². The molecule has 0 amide bonds. The minimum Gasteiger partial charge on any atom is -0.456 e. The summed E-state index contributed by atoms with van der Waals surface area (Å²) in [6.45, 7) is 4.24. The molecule has 7 aromatic carbocycles. The summed E-state index contributed by atoms with van der Waals surface area (Å²) in [5, 5.41) is 4.63. The molecule has 0 saturated heterocycles. The van der Waals surface area contributed by atoms with Crippen molar-refractivity contribution in [1.29, 1.82) is 0 Å². The Hall–Kier alpha value is -6.85. The number of hydrogen-bond donors (Lipinski definition) is 0. The zero-order valence-corrected chi connectivity index (χ0v) is 27.8. The van der Waals surface area contributed by atoms with Gasteiger partial charge in [-0.25, -0.2) is 9.98 Å². The molecule has 2 heterocycles. The van der Waals surface area contributed by atoms with Crippen LogP contribution in [0.1, 0.15) is 16.7 Å². The molecule has 9 rings (SSSR count). The molecule has 0 atom stereocenters. The van der Waals surface area contributed by atoms with Crippen LogP contribution in [0.4, 0.5) is 0 Å². The van der Waals surface area contributed by atoms with E-state index in [1.54, 1.807) is 0 Å². The molecule has 51 heavy (non-hydrogen) atoms. The first-order valence-electron chi connectivity index (χ1n) is 17.0. The fourth-order valence-corrected chi connectivity index (χ4v) is 7.09. The van der Waals surface area contributed by atoms with Crippen molar-refractivity contribution in [2.24, 2.45) is 15.0 Å². The van der Waals surface area contributed by atoms with E-state index in [1.165, 1.54) is 10.8 Å². The topological polar surface area (TPSA) is 55.1 Å². The molecule has 242 valence electrons. The van der Waals surface area contributed by atoms with E-state index in [9.17, 15) is 0 Å². The van der Waals surface area contributed by atoms with Crippen LogP contribution in [0.3, 0.4) is 0 Å². The van der Waals surface area contributed by atoms with Crippen molar-refractivity contribution in [3.63, 3.8) is 0 Å². The summed E-state index contributed by atoms with van der Waals surface area (Å²) in [6.07, 6.45) is 0. The summed E-state index contributed by atoms with van der Waals surface area (Å²) in [4.78, 5) is 14.2. The predicted octanol–water partition coefficient (Wildman–Crippen LogP) is 11.4. The van der Waals surface area contributed by atoms with Crippen LogP contribution < -0.4 is 0 Å². The van der Waals surface area contributed by atoms with Gasteiger partial charge in [0.2, 0.25) is 0 Å². The largest absolute Gasteiger partial charge is 0.456 e. The van der Waals surface area contributed by atoms with E-state index in [4.69, 9.17) is 14.4 Å². The third kappa shape index (κ3) is 5.42. The molecular formula is C46H32N4O. The summed E-state index contributed by atoms with van der Waals surface area (Å²) in [5.74, 6) is 1.14. The predicted molar refractivity (Wildman–Crippen MR) is 213 cm³/mol. The lowest BCUT2D eigenvalue weighted by atomic mass is 10.0. The zero-order valence-electron chi connectivity index (χ0n) is 27.8. The number of amidine groups is 2. The monoisotopic (exact) mass is 656 g/mol. The Morgan fingerprint density at radius 3 is 2.06 bits per heavy atom. The van der Waals surface area contributed by atoms with Crippen LogP contribution >= 0.6 is 0 Å². The lowest BCUT2D eigenvalue weighted by Gasteiger charge is -2.15. The Morgan fingerprint density at radius 1 is 0.569 bits per heavy atom. The molecular weight excluding hydrogens is 625 g/mol. The maximum absolute atomic E-state index is 6.37. The average Bonchev–Trinajstić information content (AvgIpc) is 3.74. The Kier molecular flexibility index (Phi) is 7.63. The third-order valence-electron chi connectivity index (χ3n) is 9.39. The highest BCUT2D eigenvalue weighted by atomic mass is 16.3. The molecule has 0 spiro atoms. The first kappa shape index (κ1) is 30.2. The highest BCUT2D eigenvalue weighted by Gasteiger charge is 2.20. The summed E-state index contributed by atoms with van der Waals surface area (Å²) >= 11 is 0. The fraction of sp³-hybridized carbons (Fsp3) is 0.0217. The van der Waals surface area contributed by atoms with Gasteiger partial charge in [0.25, 0.3) is 0 Å². The molecule has 0 aliphatic rings. The Bertz CT molecular complexity index is 2790. The van der Waals surface area contributed by atoms with E-state index in [-0.39, 0.29) is 0 Å². The first-order valence-corrected chi connectivity index (χ1v) is 17.0. The summed E-state index contributed by atoms with van der Waals surface area (Å²) in [5.41, 5.74) is 10.3. The number of nitrogens with zero attached hydrogens (tertiary/aromatic N) is 4. The quantitative estimate of drug-likeness (QED) is 0.130. The highest BCUT2D eigenvalue weighted by molar-refractivity contribution is 6.24. The standard InChI is InChI=1S/C46H32N4O/c1-47-45(32-16-4-2-5-17-32)49-46(33-18-6-3-7-19-33)48-30-31-15-14-20-34(29-31)35-21-8-11-24-39(35)50-40-25-12-9-22-36(40)37-27-28-42-43(44(37)50)38-23-10-13-26-41(38)51-42/h2-29H,1,30H2. The smallest absolute Gasteiger partial charge is 0.161 e. The molecule has 5 nitrogen and oxygen atoms in total. The summed E-state index contributed by atoms with van der Waals surface area (Å²) < 4.78 is 8.78. The van der Waals surface area contributed by atoms with Gasteiger partial charge in [-0.15, -0.1) is 0 Å². The minimum atomic E-state index is 0.444. The average molecular weight is 657 g/mol. The molecule has 0 aliphatic carbocycles. The van der Waals surface area contributed by atoms with E-state index < -0.39 is 0 Å². The van der Waals surface area contributed by atoms with Crippen molar-refractivity contribution in [2.75, 3.05) is 0 Å². The van der Waals surface area contributed by atoms with Crippen LogP contribution in [0.25, 0.3) is 60.6 Å². The first-order chi connectivity index (χ1) is 25.3. The van der Waals surface area contributed by atoms with E-state index >= 15 is 0 Å². The Balaban J connectivity index is 1.18. The van der Waals surface area contributed by atoms with Gasteiger partial charge < -0.3 is 8.98 Å². The van der Waals surface area contributed by atoms with E-state index in [0.717, 1.165) is 66.5 Å². The van der Waals surface area contributed by atoms with Crippen LogP contribution in [0, 0.1) is 0 Å². The van der Waals surface area contributed by atoms with Crippen LogP contribution in [0.15, 0.2) is 189 Å². The maximum Gasteiger partial charge on any atom is 0.161 e.